The standard InChI is InChI=1S/C21H22N4O3/c1-15-23-25(17-8-3-2-4-9-17)21(27)24(15)14-20(26)22-13-19-18-10-6-5-7-16(18)11-12-28-19/h2-10,19H,11-14H2,1H3,(H,22,26). The number of ether oxygens (including phenoxy) is 1. The monoisotopic (exact) mass is 378 g/mol. The molecule has 2 heterocycles. The number of rotatable bonds is 5. The zero-order valence-corrected chi connectivity index (χ0v) is 15.7. The molecule has 0 spiro atoms. The Balaban J connectivity index is 1.44. The number of aromatic nitrogens is 3. The van der Waals surface area contributed by atoms with Crippen molar-refractivity contribution in [2.24, 2.45) is 0 Å². The largest absolute Gasteiger partial charge is 0.371 e. The molecule has 1 aliphatic heterocycles. The fourth-order valence-electron chi connectivity index (χ4n) is 3.47. The van der Waals surface area contributed by atoms with Crippen LogP contribution in [-0.4, -0.2) is 33.4 Å². The maximum absolute atomic E-state index is 12.7. The van der Waals surface area contributed by atoms with Crippen molar-refractivity contribution in [1.29, 1.82) is 0 Å². The van der Waals surface area contributed by atoms with Crippen molar-refractivity contribution in [3.63, 3.8) is 0 Å². The fourth-order valence-corrected chi connectivity index (χ4v) is 3.47. The Labute approximate surface area is 162 Å². The van der Waals surface area contributed by atoms with Crippen molar-refractivity contribution in [3.05, 3.63) is 82.0 Å². The van der Waals surface area contributed by atoms with Crippen LogP contribution < -0.4 is 11.0 Å². The lowest BCUT2D eigenvalue weighted by Gasteiger charge is -2.26. The van der Waals surface area contributed by atoms with Gasteiger partial charge in [0, 0.05) is 6.54 Å². The molecule has 28 heavy (non-hydrogen) atoms. The Kier molecular flexibility index (Phi) is 5.08. The Hall–Kier alpha value is -3.19. The molecule has 0 saturated carbocycles. The van der Waals surface area contributed by atoms with Crippen LogP contribution in [0.5, 0.6) is 0 Å². The van der Waals surface area contributed by atoms with Crippen LogP contribution in [0.4, 0.5) is 0 Å². The molecule has 3 aromatic rings. The van der Waals surface area contributed by atoms with Gasteiger partial charge in [-0.2, -0.15) is 9.78 Å². The van der Waals surface area contributed by atoms with Gasteiger partial charge in [0.05, 0.1) is 12.3 Å². The van der Waals surface area contributed by atoms with E-state index in [4.69, 9.17) is 4.74 Å². The second-order valence-corrected chi connectivity index (χ2v) is 6.78. The lowest BCUT2D eigenvalue weighted by Crippen LogP contribution is -2.36. The van der Waals surface area contributed by atoms with E-state index in [2.05, 4.69) is 16.5 Å². The van der Waals surface area contributed by atoms with Gasteiger partial charge in [-0.05, 0) is 36.6 Å². The molecule has 1 aliphatic rings. The molecule has 2 aromatic carbocycles. The predicted octanol–water partition coefficient (Wildman–Crippen LogP) is 1.77. The second kappa shape index (κ2) is 7.82. The predicted molar refractivity (Wildman–Crippen MR) is 104 cm³/mol. The third-order valence-corrected chi connectivity index (χ3v) is 4.93. The van der Waals surface area contributed by atoms with Crippen LogP contribution in [0.15, 0.2) is 59.4 Å². The van der Waals surface area contributed by atoms with E-state index in [-0.39, 0.29) is 24.2 Å². The van der Waals surface area contributed by atoms with Gasteiger partial charge in [0.25, 0.3) is 0 Å². The van der Waals surface area contributed by atoms with E-state index in [0.29, 0.717) is 24.7 Å². The molecule has 1 N–H and O–H groups in total. The summed E-state index contributed by atoms with van der Waals surface area (Å²) in [6.45, 7) is 2.65. The van der Waals surface area contributed by atoms with Crippen LogP contribution in [-0.2, 0) is 22.5 Å². The lowest BCUT2D eigenvalue weighted by atomic mass is 9.97. The summed E-state index contributed by atoms with van der Waals surface area (Å²) in [5, 5.41) is 7.16. The minimum atomic E-state index is -0.335. The highest BCUT2D eigenvalue weighted by Gasteiger charge is 2.21. The Morgan fingerprint density at radius 3 is 2.75 bits per heavy atom. The molecule has 0 radical (unpaired) electrons. The number of nitrogens with zero attached hydrogens (tertiary/aromatic N) is 3. The van der Waals surface area contributed by atoms with E-state index in [1.807, 2.05) is 36.4 Å². The summed E-state index contributed by atoms with van der Waals surface area (Å²) >= 11 is 0. The third-order valence-electron chi connectivity index (χ3n) is 4.93. The quantitative estimate of drug-likeness (QED) is 0.734. The van der Waals surface area contributed by atoms with Gasteiger partial charge >= 0.3 is 5.69 Å². The molecule has 0 bridgehead atoms. The second-order valence-electron chi connectivity index (χ2n) is 6.78. The number of carbonyl (C=O) groups excluding carboxylic acids is 1. The maximum atomic E-state index is 12.7. The van der Waals surface area contributed by atoms with E-state index in [1.54, 1.807) is 19.1 Å². The first-order valence-electron chi connectivity index (χ1n) is 9.31. The van der Waals surface area contributed by atoms with E-state index in [1.165, 1.54) is 14.8 Å². The van der Waals surface area contributed by atoms with Gasteiger partial charge in [0.1, 0.15) is 18.5 Å². The minimum absolute atomic E-state index is 0.0775. The molecule has 0 saturated heterocycles. The Morgan fingerprint density at radius 1 is 1.18 bits per heavy atom. The maximum Gasteiger partial charge on any atom is 0.351 e. The highest BCUT2D eigenvalue weighted by atomic mass is 16.5. The van der Waals surface area contributed by atoms with E-state index < -0.39 is 0 Å². The van der Waals surface area contributed by atoms with Crippen LogP contribution in [0.25, 0.3) is 5.69 Å². The van der Waals surface area contributed by atoms with E-state index in [0.717, 1.165) is 12.0 Å². The van der Waals surface area contributed by atoms with Crippen molar-refractivity contribution in [1.82, 2.24) is 19.7 Å². The Bertz CT molecular complexity index is 1040. The average Bonchev–Trinajstić information content (AvgIpc) is 3.01. The van der Waals surface area contributed by atoms with Crippen LogP contribution in [0.1, 0.15) is 23.1 Å². The van der Waals surface area contributed by atoms with Crippen molar-refractivity contribution in [2.45, 2.75) is 26.0 Å². The van der Waals surface area contributed by atoms with E-state index in [9.17, 15) is 9.59 Å². The molecule has 7 nitrogen and oxygen atoms in total. The zero-order chi connectivity index (χ0) is 19.5. The van der Waals surface area contributed by atoms with Gasteiger partial charge in [-0.1, -0.05) is 42.5 Å². The van der Waals surface area contributed by atoms with Crippen molar-refractivity contribution < 1.29 is 9.53 Å². The molecule has 4 rings (SSSR count). The molecule has 0 fully saturated rings. The number of carbonyl (C=O) groups is 1. The lowest BCUT2D eigenvalue weighted by molar-refractivity contribution is -0.122. The van der Waals surface area contributed by atoms with E-state index >= 15 is 0 Å². The number of benzene rings is 2. The molecule has 7 heteroatoms. The molecule has 1 atom stereocenters. The normalized spacial score (nSPS) is 15.8. The van der Waals surface area contributed by atoms with Gasteiger partial charge in [0.2, 0.25) is 5.91 Å². The van der Waals surface area contributed by atoms with Crippen LogP contribution in [0.3, 0.4) is 0 Å². The fraction of sp³-hybridized carbons (Fsp3) is 0.286. The topological polar surface area (TPSA) is 78.2 Å². The number of para-hydroxylation sites is 1. The average molecular weight is 378 g/mol. The van der Waals surface area contributed by atoms with Gasteiger partial charge in [-0.3, -0.25) is 9.36 Å². The summed E-state index contributed by atoms with van der Waals surface area (Å²) in [4.78, 5) is 25.1. The number of hydrogen-bond acceptors (Lipinski definition) is 4. The molecule has 1 unspecified atom stereocenters. The summed E-state index contributed by atoms with van der Waals surface area (Å²) in [7, 11) is 0. The first-order valence-corrected chi connectivity index (χ1v) is 9.31. The van der Waals surface area contributed by atoms with Gasteiger partial charge in [-0.25, -0.2) is 4.79 Å². The molecular weight excluding hydrogens is 356 g/mol. The zero-order valence-electron chi connectivity index (χ0n) is 15.7. The summed E-state index contributed by atoms with van der Waals surface area (Å²) < 4.78 is 8.50. The summed E-state index contributed by atoms with van der Waals surface area (Å²) in [6, 6.07) is 17.3. The highest BCUT2D eigenvalue weighted by molar-refractivity contribution is 5.75. The van der Waals surface area contributed by atoms with Crippen LogP contribution in [0, 0.1) is 6.92 Å². The third kappa shape index (κ3) is 3.61. The van der Waals surface area contributed by atoms with Gasteiger partial charge in [0.15, 0.2) is 0 Å². The molecular formula is C21H22N4O3. The van der Waals surface area contributed by atoms with Crippen LogP contribution in [0.2, 0.25) is 0 Å². The number of fused-ring (bicyclic) bond motifs is 1. The van der Waals surface area contributed by atoms with Gasteiger partial charge in [-0.15, -0.1) is 0 Å². The van der Waals surface area contributed by atoms with Crippen molar-refractivity contribution in [3.8, 4) is 5.69 Å². The molecule has 0 aliphatic carbocycles. The molecule has 1 aromatic heterocycles. The first-order chi connectivity index (χ1) is 13.6. The van der Waals surface area contributed by atoms with Crippen LogP contribution >= 0.6 is 0 Å². The number of aryl methyl sites for hydroxylation is 1. The highest BCUT2D eigenvalue weighted by Crippen LogP contribution is 2.26. The SMILES string of the molecule is Cc1nn(-c2ccccc2)c(=O)n1CC(=O)NCC1OCCc2ccccc21. The Morgan fingerprint density at radius 2 is 1.93 bits per heavy atom. The van der Waals surface area contributed by atoms with Gasteiger partial charge < -0.3 is 10.1 Å². The van der Waals surface area contributed by atoms with Crippen molar-refractivity contribution in [2.75, 3.05) is 13.2 Å². The van der Waals surface area contributed by atoms with Crippen molar-refractivity contribution >= 4 is 5.91 Å². The molecule has 144 valence electrons. The smallest absolute Gasteiger partial charge is 0.351 e. The number of nitrogens with one attached hydrogen (secondary N) is 1. The minimum Gasteiger partial charge on any atom is -0.371 e. The summed E-state index contributed by atoms with van der Waals surface area (Å²) in [6.07, 6.45) is 0.715. The summed E-state index contributed by atoms with van der Waals surface area (Å²) in [5.41, 5.74) is 2.70. The number of hydrogen-bond donors (Lipinski definition) is 1. The number of amides is 1. The molecule has 1 amide bonds. The first kappa shape index (κ1) is 18.2. The summed E-state index contributed by atoms with van der Waals surface area (Å²) in [5.74, 6) is 0.243.